The van der Waals surface area contributed by atoms with Crippen LogP contribution in [0.1, 0.15) is 29.7 Å². The molecule has 17 heavy (non-hydrogen) atoms. The Hall–Kier alpha value is -1.77. The first-order valence-corrected chi connectivity index (χ1v) is 5.71. The van der Waals surface area contributed by atoms with E-state index in [9.17, 15) is 9.90 Å². The monoisotopic (exact) mass is 231 g/mol. The van der Waals surface area contributed by atoms with E-state index in [1.807, 2.05) is 20.9 Å². The average Bonchev–Trinajstić information content (AvgIpc) is 2.50. The fourth-order valence-corrected chi connectivity index (χ4v) is 2.38. The largest absolute Gasteiger partial charge is 0.481 e. The number of aliphatic carboxylic acids is 1. The van der Waals surface area contributed by atoms with Crippen LogP contribution < -0.4 is 0 Å². The van der Waals surface area contributed by atoms with E-state index >= 15 is 0 Å². The summed E-state index contributed by atoms with van der Waals surface area (Å²) in [5, 5.41) is 10.2. The standard InChI is InChI=1S/C14H17NO2/c1-8-5-6-12-11(7-8)13(9(2)14(16)17)10(3)15(12)4/h5-7,9H,1-4H3,(H,16,17). The molecule has 0 radical (unpaired) electrons. The number of carbonyl (C=O) groups is 1. The number of rotatable bonds is 2. The number of aryl methyl sites for hydroxylation is 2. The van der Waals surface area contributed by atoms with E-state index in [1.54, 1.807) is 6.92 Å². The Morgan fingerprint density at radius 2 is 2.00 bits per heavy atom. The van der Waals surface area contributed by atoms with Crippen molar-refractivity contribution in [1.29, 1.82) is 0 Å². The Balaban J connectivity index is 2.81. The molecule has 0 saturated heterocycles. The molecule has 1 aromatic carbocycles. The second kappa shape index (κ2) is 3.91. The van der Waals surface area contributed by atoms with Crippen molar-refractivity contribution in [2.24, 2.45) is 7.05 Å². The van der Waals surface area contributed by atoms with Crippen LogP contribution in [0.15, 0.2) is 18.2 Å². The van der Waals surface area contributed by atoms with Crippen molar-refractivity contribution in [3.05, 3.63) is 35.0 Å². The summed E-state index contributed by atoms with van der Waals surface area (Å²) in [5.74, 6) is -1.25. The molecule has 1 atom stereocenters. The Kier molecular flexibility index (Phi) is 2.69. The van der Waals surface area contributed by atoms with Crippen LogP contribution in [0.5, 0.6) is 0 Å². The smallest absolute Gasteiger partial charge is 0.310 e. The van der Waals surface area contributed by atoms with E-state index in [4.69, 9.17) is 0 Å². The number of nitrogens with zero attached hydrogens (tertiary/aromatic N) is 1. The SMILES string of the molecule is Cc1ccc2c(c1)c(C(C)C(=O)O)c(C)n2C. The van der Waals surface area contributed by atoms with Gasteiger partial charge in [0.2, 0.25) is 0 Å². The van der Waals surface area contributed by atoms with Crippen molar-refractivity contribution in [1.82, 2.24) is 4.57 Å². The van der Waals surface area contributed by atoms with Crippen LogP contribution >= 0.6 is 0 Å². The minimum atomic E-state index is -0.776. The molecule has 1 heterocycles. The summed E-state index contributed by atoms with van der Waals surface area (Å²) in [5.41, 5.74) is 4.21. The van der Waals surface area contributed by atoms with Gasteiger partial charge in [-0.05, 0) is 38.5 Å². The predicted molar refractivity (Wildman–Crippen MR) is 68.4 cm³/mol. The second-order valence-corrected chi connectivity index (χ2v) is 4.64. The van der Waals surface area contributed by atoms with Gasteiger partial charge in [-0.15, -0.1) is 0 Å². The molecule has 1 unspecified atom stereocenters. The van der Waals surface area contributed by atoms with E-state index in [1.165, 1.54) is 0 Å². The second-order valence-electron chi connectivity index (χ2n) is 4.64. The zero-order valence-electron chi connectivity index (χ0n) is 10.6. The topological polar surface area (TPSA) is 42.2 Å². The van der Waals surface area contributed by atoms with Crippen molar-refractivity contribution in [2.75, 3.05) is 0 Å². The van der Waals surface area contributed by atoms with E-state index in [-0.39, 0.29) is 0 Å². The number of hydrogen-bond acceptors (Lipinski definition) is 1. The molecule has 0 aliphatic heterocycles. The molecule has 3 nitrogen and oxygen atoms in total. The van der Waals surface area contributed by atoms with E-state index in [0.717, 1.165) is 27.7 Å². The molecule has 0 aliphatic carbocycles. The minimum absolute atomic E-state index is 0.472. The lowest BCUT2D eigenvalue weighted by atomic mass is 9.97. The van der Waals surface area contributed by atoms with Gasteiger partial charge in [0, 0.05) is 23.6 Å². The number of carboxylic acids is 1. The molecule has 90 valence electrons. The van der Waals surface area contributed by atoms with Crippen LogP contribution in [0, 0.1) is 13.8 Å². The van der Waals surface area contributed by atoms with Crippen LogP contribution in [-0.2, 0) is 11.8 Å². The van der Waals surface area contributed by atoms with Crippen molar-refractivity contribution in [3.63, 3.8) is 0 Å². The lowest BCUT2D eigenvalue weighted by Crippen LogP contribution is -2.08. The zero-order valence-corrected chi connectivity index (χ0v) is 10.6. The van der Waals surface area contributed by atoms with Gasteiger partial charge in [0.1, 0.15) is 0 Å². The van der Waals surface area contributed by atoms with Gasteiger partial charge >= 0.3 is 5.97 Å². The summed E-state index contributed by atoms with van der Waals surface area (Å²) in [6, 6.07) is 6.17. The summed E-state index contributed by atoms with van der Waals surface area (Å²) in [6.45, 7) is 5.74. The molecular formula is C14H17NO2. The third-order valence-electron chi connectivity index (χ3n) is 3.50. The molecule has 2 rings (SSSR count). The predicted octanol–water partition coefficient (Wildman–Crippen LogP) is 2.98. The Morgan fingerprint density at radius 1 is 1.35 bits per heavy atom. The Labute approximate surface area is 101 Å². The van der Waals surface area contributed by atoms with Gasteiger partial charge in [-0.25, -0.2) is 0 Å². The van der Waals surface area contributed by atoms with Gasteiger partial charge in [-0.1, -0.05) is 11.6 Å². The Bertz CT molecular complexity index is 596. The highest BCUT2D eigenvalue weighted by Crippen LogP contribution is 2.31. The molecule has 0 amide bonds. The van der Waals surface area contributed by atoms with Crippen LogP contribution in [0.4, 0.5) is 0 Å². The molecule has 3 heteroatoms. The first kappa shape index (κ1) is 11.7. The van der Waals surface area contributed by atoms with Gasteiger partial charge in [0.25, 0.3) is 0 Å². The molecule has 0 saturated carbocycles. The fourth-order valence-electron chi connectivity index (χ4n) is 2.38. The van der Waals surface area contributed by atoms with Crippen LogP contribution in [0.2, 0.25) is 0 Å². The quantitative estimate of drug-likeness (QED) is 0.863. The minimum Gasteiger partial charge on any atom is -0.481 e. The first-order chi connectivity index (χ1) is 7.93. The van der Waals surface area contributed by atoms with Crippen molar-refractivity contribution in [3.8, 4) is 0 Å². The molecule has 0 aliphatic rings. The molecule has 0 fully saturated rings. The van der Waals surface area contributed by atoms with E-state index < -0.39 is 11.9 Å². The third-order valence-corrected chi connectivity index (χ3v) is 3.50. The molecular weight excluding hydrogens is 214 g/mol. The lowest BCUT2D eigenvalue weighted by Gasteiger charge is -2.07. The maximum atomic E-state index is 11.2. The van der Waals surface area contributed by atoms with Crippen LogP contribution in [-0.4, -0.2) is 15.6 Å². The third kappa shape index (κ3) is 1.71. The lowest BCUT2D eigenvalue weighted by molar-refractivity contribution is -0.138. The molecule has 2 aromatic rings. The number of fused-ring (bicyclic) bond motifs is 1. The van der Waals surface area contributed by atoms with Crippen LogP contribution in [0.25, 0.3) is 10.9 Å². The average molecular weight is 231 g/mol. The highest BCUT2D eigenvalue weighted by atomic mass is 16.4. The van der Waals surface area contributed by atoms with Crippen molar-refractivity contribution >= 4 is 16.9 Å². The van der Waals surface area contributed by atoms with Gasteiger partial charge in [0.05, 0.1) is 5.92 Å². The summed E-state index contributed by atoms with van der Waals surface area (Å²) in [6.07, 6.45) is 0. The fraction of sp³-hybridized carbons (Fsp3) is 0.357. The van der Waals surface area contributed by atoms with E-state index in [2.05, 4.69) is 22.8 Å². The summed E-state index contributed by atoms with van der Waals surface area (Å²) >= 11 is 0. The zero-order chi connectivity index (χ0) is 12.7. The number of hydrogen-bond donors (Lipinski definition) is 1. The maximum absolute atomic E-state index is 11.2. The van der Waals surface area contributed by atoms with Crippen LogP contribution in [0.3, 0.4) is 0 Å². The first-order valence-electron chi connectivity index (χ1n) is 5.71. The van der Waals surface area contributed by atoms with Gasteiger partial charge in [-0.2, -0.15) is 0 Å². The summed E-state index contributed by atoms with van der Waals surface area (Å²) in [4.78, 5) is 11.2. The number of carboxylic acid groups (broad SMARTS) is 1. The molecule has 0 bridgehead atoms. The van der Waals surface area contributed by atoms with Gasteiger partial charge < -0.3 is 9.67 Å². The highest BCUT2D eigenvalue weighted by molar-refractivity contribution is 5.91. The summed E-state index contributed by atoms with van der Waals surface area (Å²) in [7, 11) is 1.98. The summed E-state index contributed by atoms with van der Waals surface area (Å²) < 4.78 is 2.06. The molecule has 1 aromatic heterocycles. The van der Waals surface area contributed by atoms with E-state index in [0.29, 0.717) is 0 Å². The van der Waals surface area contributed by atoms with Crippen molar-refractivity contribution in [2.45, 2.75) is 26.7 Å². The number of benzene rings is 1. The van der Waals surface area contributed by atoms with Crippen molar-refractivity contribution < 1.29 is 9.90 Å². The normalized spacial score (nSPS) is 12.9. The number of aromatic nitrogens is 1. The molecule has 1 N–H and O–H groups in total. The Morgan fingerprint density at radius 3 is 2.59 bits per heavy atom. The highest BCUT2D eigenvalue weighted by Gasteiger charge is 2.22. The van der Waals surface area contributed by atoms with Gasteiger partial charge in [0.15, 0.2) is 0 Å². The van der Waals surface area contributed by atoms with Gasteiger partial charge in [-0.3, -0.25) is 4.79 Å². The molecule has 0 spiro atoms. The maximum Gasteiger partial charge on any atom is 0.310 e.